The van der Waals surface area contributed by atoms with E-state index in [1.165, 1.54) is 11.1 Å². The fraction of sp³-hybridized carbons (Fsp3) is 0.538. The molecule has 0 amide bonds. The first kappa shape index (κ1) is 12.2. The van der Waals surface area contributed by atoms with Crippen molar-refractivity contribution in [1.29, 1.82) is 0 Å². The molecule has 15 heavy (non-hydrogen) atoms. The minimum atomic E-state index is -0.147. The average molecular weight is 207 g/mol. The Morgan fingerprint density at radius 3 is 2.47 bits per heavy atom. The summed E-state index contributed by atoms with van der Waals surface area (Å²) in [6.45, 7) is 4.88. The fourth-order valence-electron chi connectivity index (χ4n) is 1.79. The van der Waals surface area contributed by atoms with Crippen LogP contribution in [-0.4, -0.2) is 18.3 Å². The van der Waals surface area contributed by atoms with E-state index in [1.807, 2.05) is 12.1 Å². The molecule has 0 aliphatic heterocycles. The third-order valence-corrected chi connectivity index (χ3v) is 3.35. The monoisotopic (exact) mass is 207 g/mol. The van der Waals surface area contributed by atoms with Crippen molar-refractivity contribution in [2.45, 2.75) is 26.7 Å². The van der Waals surface area contributed by atoms with Crippen LogP contribution in [0.3, 0.4) is 0 Å². The van der Waals surface area contributed by atoms with Crippen LogP contribution < -0.4 is 5.73 Å². The van der Waals surface area contributed by atoms with Crippen molar-refractivity contribution in [3.8, 4) is 0 Å². The van der Waals surface area contributed by atoms with E-state index in [1.54, 1.807) is 0 Å². The molecule has 1 atom stereocenters. The second-order valence-electron chi connectivity index (χ2n) is 4.32. The zero-order valence-corrected chi connectivity index (χ0v) is 9.66. The fourth-order valence-corrected chi connectivity index (χ4v) is 1.79. The Kier molecular flexibility index (Phi) is 4.30. The van der Waals surface area contributed by atoms with Crippen LogP contribution in [-0.2, 0) is 6.42 Å². The minimum absolute atomic E-state index is 0.147. The molecule has 3 N–H and O–H groups in total. The van der Waals surface area contributed by atoms with Crippen molar-refractivity contribution in [2.75, 3.05) is 13.2 Å². The Morgan fingerprint density at radius 2 is 2.00 bits per heavy atom. The summed E-state index contributed by atoms with van der Waals surface area (Å²) in [5.41, 5.74) is 8.19. The Bertz CT molecular complexity index is 297. The van der Waals surface area contributed by atoms with Crippen molar-refractivity contribution in [3.05, 3.63) is 35.4 Å². The van der Waals surface area contributed by atoms with Crippen LogP contribution in [0.15, 0.2) is 24.3 Å². The van der Waals surface area contributed by atoms with Gasteiger partial charge in [-0.1, -0.05) is 31.2 Å². The van der Waals surface area contributed by atoms with Gasteiger partial charge in [-0.25, -0.2) is 0 Å². The number of benzene rings is 1. The maximum Gasteiger partial charge on any atom is 0.0502 e. The van der Waals surface area contributed by atoms with Gasteiger partial charge in [0.1, 0.15) is 0 Å². The van der Waals surface area contributed by atoms with Crippen molar-refractivity contribution in [1.82, 2.24) is 0 Å². The maximum absolute atomic E-state index is 9.45. The van der Waals surface area contributed by atoms with Crippen molar-refractivity contribution in [2.24, 2.45) is 11.1 Å². The van der Waals surface area contributed by atoms with E-state index in [2.05, 4.69) is 26.0 Å². The molecule has 0 saturated carbocycles. The number of hydrogen-bond donors (Lipinski definition) is 2. The molecule has 0 heterocycles. The number of hydrogen-bond acceptors (Lipinski definition) is 2. The van der Waals surface area contributed by atoms with E-state index in [-0.39, 0.29) is 12.0 Å². The summed E-state index contributed by atoms with van der Waals surface area (Å²) in [6, 6.07) is 8.29. The van der Waals surface area contributed by atoms with Crippen molar-refractivity contribution in [3.63, 3.8) is 0 Å². The lowest BCUT2D eigenvalue weighted by molar-refractivity contribution is 0.127. The first-order valence-corrected chi connectivity index (χ1v) is 5.53. The summed E-state index contributed by atoms with van der Waals surface area (Å²) in [6.07, 6.45) is 1.78. The minimum Gasteiger partial charge on any atom is -0.396 e. The molecule has 0 bridgehead atoms. The van der Waals surface area contributed by atoms with Gasteiger partial charge in [0.15, 0.2) is 0 Å². The summed E-state index contributed by atoms with van der Waals surface area (Å²) >= 11 is 0. The molecule has 0 aliphatic rings. The van der Waals surface area contributed by atoms with Crippen LogP contribution in [0.25, 0.3) is 0 Å². The highest BCUT2D eigenvalue weighted by Gasteiger charge is 2.26. The molecular formula is C13H21NO. The van der Waals surface area contributed by atoms with Gasteiger partial charge in [0, 0.05) is 12.0 Å². The Morgan fingerprint density at radius 1 is 1.33 bits per heavy atom. The zero-order chi connectivity index (χ0) is 11.3. The Hall–Kier alpha value is -0.860. The van der Waals surface area contributed by atoms with Gasteiger partial charge >= 0.3 is 0 Å². The van der Waals surface area contributed by atoms with Gasteiger partial charge in [-0.2, -0.15) is 0 Å². The highest BCUT2D eigenvalue weighted by Crippen LogP contribution is 2.26. The number of aliphatic hydroxyl groups is 1. The van der Waals surface area contributed by atoms with Crippen LogP contribution >= 0.6 is 0 Å². The number of aliphatic hydroxyl groups excluding tert-OH is 1. The van der Waals surface area contributed by atoms with E-state index in [4.69, 9.17) is 5.73 Å². The molecule has 84 valence electrons. The third kappa shape index (κ3) is 2.80. The number of aryl methyl sites for hydroxylation is 1. The zero-order valence-electron chi connectivity index (χ0n) is 9.66. The quantitative estimate of drug-likeness (QED) is 0.774. The van der Waals surface area contributed by atoms with E-state index >= 15 is 0 Å². The summed E-state index contributed by atoms with van der Waals surface area (Å²) in [5.74, 6) is 0. The molecule has 0 aliphatic carbocycles. The van der Waals surface area contributed by atoms with Crippen molar-refractivity contribution < 1.29 is 5.11 Å². The van der Waals surface area contributed by atoms with Gasteiger partial charge in [-0.15, -0.1) is 0 Å². The van der Waals surface area contributed by atoms with E-state index in [9.17, 15) is 5.11 Å². The lowest BCUT2D eigenvalue weighted by atomic mass is 9.79. The number of nitrogens with two attached hydrogens (primary N) is 1. The number of rotatable bonds is 5. The van der Waals surface area contributed by atoms with Gasteiger partial charge in [0.25, 0.3) is 0 Å². The first-order chi connectivity index (χ1) is 7.17. The molecule has 1 aromatic rings. The average Bonchev–Trinajstić information content (AvgIpc) is 2.29. The SMILES string of the molecule is CCC(CN)(CO)Cc1ccccc1C. The van der Waals surface area contributed by atoms with Crippen molar-refractivity contribution >= 4 is 0 Å². The third-order valence-electron chi connectivity index (χ3n) is 3.35. The predicted octanol–water partition coefficient (Wildman–Crippen LogP) is 1.88. The van der Waals surface area contributed by atoms with E-state index in [0.717, 1.165) is 12.8 Å². The second kappa shape index (κ2) is 5.29. The summed E-state index contributed by atoms with van der Waals surface area (Å²) in [7, 11) is 0. The standard InChI is InChI=1S/C13H21NO/c1-3-13(9-14,10-15)8-12-7-5-4-6-11(12)2/h4-7,15H,3,8-10,14H2,1-2H3. The highest BCUT2D eigenvalue weighted by atomic mass is 16.3. The molecule has 0 radical (unpaired) electrons. The molecule has 0 saturated heterocycles. The van der Waals surface area contributed by atoms with Gasteiger partial charge in [-0.05, 0) is 30.9 Å². The van der Waals surface area contributed by atoms with E-state index < -0.39 is 0 Å². The largest absolute Gasteiger partial charge is 0.396 e. The van der Waals surface area contributed by atoms with Gasteiger partial charge in [0.05, 0.1) is 6.61 Å². The maximum atomic E-state index is 9.45. The van der Waals surface area contributed by atoms with E-state index in [0.29, 0.717) is 6.54 Å². The molecule has 2 heteroatoms. The van der Waals surface area contributed by atoms with Crippen LogP contribution in [0, 0.1) is 12.3 Å². The Labute approximate surface area is 92.1 Å². The molecule has 1 aromatic carbocycles. The normalized spacial score (nSPS) is 14.9. The summed E-state index contributed by atoms with van der Waals surface area (Å²) < 4.78 is 0. The molecule has 1 unspecified atom stereocenters. The van der Waals surface area contributed by atoms with Crippen LogP contribution in [0.1, 0.15) is 24.5 Å². The predicted molar refractivity (Wildman–Crippen MR) is 63.7 cm³/mol. The van der Waals surface area contributed by atoms with Crippen LogP contribution in [0.4, 0.5) is 0 Å². The molecule has 0 fully saturated rings. The lowest BCUT2D eigenvalue weighted by Crippen LogP contribution is -2.36. The topological polar surface area (TPSA) is 46.2 Å². The Balaban J connectivity index is 2.88. The van der Waals surface area contributed by atoms with Gasteiger partial charge < -0.3 is 10.8 Å². The summed E-state index contributed by atoms with van der Waals surface area (Å²) in [5, 5.41) is 9.45. The second-order valence-corrected chi connectivity index (χ2v) is 4.32. The summed E-state index contributed by atoms with van der Waals surface area (Å²) in [4.78, 5) is 0. The first-order valence-electron chi connectivity index (χ1n) is 5.53. The molecular weight excluding hydrogens is 186 g/mol. The smallest absolute Gasteiger partial charge is 0.0502 e. The highest BCUT2D eigenvalue weighted by molar-refractivity contribution is 5.26. The van der Waals surface area contributed by atoms with Gasteiger partial charge in [-0.3, -0.25) is 0 Å². The lowest BCUT2D eigenvalue weighted by Gasteiger charge is -2.29. The van der Waals surface area contributed by atoms with Crippen LogP contribution in [0.5, 0.6) is 0 Å². The molecule has 0 spiro atoms. The molecule has 1 rings (SSSR count). The molecule has 0 aromatic heterocycles. The van der Waals surface area contributed by atoms with Crippen LogP contribution in [0.2, 0.25) is 0 Å². The molecule has 2 nitrogen and oxygen atoms in total. The van der Waals surface area contributed by atoms with Gasteiger partial charge in [0.2, 0.25) is 0 Å².